The van der Waals surface area contributed by atoms with Crippen molar-refractivity contribution in [1.82, 2.24) is 9.97 Å². The summed E-state index contributed by atoms with van der Waals surface area (Å²) in [5.41, 5.74) is 5.41. The van der Waals surface area contributed by atoms with Gasteiger partial charge in [-0.25, -0.2) is 4.98 Å². The van der Waals surface area contributed by atoms with Crippen molar-refractivity contribution in [2.45, 2.75) is 27.2 Å². The van der Waals surface area contributed by atoms with E-state index in [-0.39, 0.29) is 0 Å². The van der Waals surface area contributed by atoms with Crippen LogP contribution in [-0.2, 0) is 6.42 Å². The summed E-state index contributed by atoms with van der Waals surface area (Å²) in [6.45, 7) is 6.48. The zero-order valence-corrected chi connectivity index (χ0v) is 15.4. The van der Waals surface area contributed by atoms with Gasteiger partial charge in [0, 0.05) is 28.4 Å². The Morgan fingerprint density at radius 3 is 2.75 bits per heavy atom. The summed E-state index contributed by atoms with van der Waals surface area (Å²) >= 11 is 1.65. The molecular weight excluding hydrogens is 316 g/mol. The molecule has 0 N–H and O–H groups in total. The van der Waals surface area contributed by atoms with Crippen LogP contribution in [0.2, 0.25) is 0 Å². The molecule has 2 heterocycles. The van der Waals surface area contributed by atoms with Crippen molar-refractivity contribution in [1.29, 1.82) is 0 Å². The van der Waals surface area contributed by atoms with Crippen molar-refractivity contribution in [3.63, 3.8) is 0 Å². The molecule has 0 fully saturated rings. The molecule has 4 heteroatoms. The summed E-state index contributed by atoms with van der Waals surface area (Å²) in [5.74, 6) is 1.46. The monoisotopic (exact) mass is 338 g/mol. The van der Waals surface area contributed by atoms with Crippen LogP contribution in [-0.4, -0.2) is 17.1 Å². The Hall–Kier alpha value is -2.20. The summed E-state index contributed by atoms with van der Waals surface area (Å²) in [5, 5.41) is 3.10. The predicted molar refractivity (Wildman–Crippen MR) is 101 cm³/mol. The van der Waals surface area contributed by atoms with Gasteiger partial charge in [0.2, 0.25) is 0 Å². The van der Waals surface area contributed by atoms with Crippen LogP contribution >= 0.6 is 11.3 Å². The van der Waals surface area contributed by atoms with Gasteiger partial charge in [0.25, 0.3) is 0 Å². The van der Waals surface area contributed by atoms with E-state index in [9.17, 15) is 0 Å². The molecule has 0 aliphatic heterocycles. The molecule has 0 amide bonds. The number of methoxy groups -OCH3 is 1. The van der Waals surface area contributed by atoms with Crippen molar-refractivity contribution in [3.8, 4) is 27.6 Å². The maximum atomic E-state index is 5.51. The van der Waals surface area contributed by atoms with Crippen molar-refractivity contribution in [2.24, 2.45) is 5.92 Å². The van der Waals surface area contributed by atoms with E-state index in [4.69, 9.17) is 9.72 Å². The molecule has 0 saturated heterocycles. The Morgan fingerprint density at radius 1 is 1.17 bits per heavy atom. The number of rotatable bonds is 5. The number of hydrogen-bond acceptors (Lipinski definition) is 4. The molecule has 124 valence electrons. The van der Waals surface area contributed by atoms with Crippen molar-refractivity contribution in [3.05, 3.63) is 53.2 Å². The second-order valence-electron chi connectivity index (χ2n) is 6.38. The highest BCUT2D eigenvalue weighted by molar-refractivity contribution is 7.13. The number of thiazole rings is 1. The van der Waals surface area contributed by atoms with Crippen LogP contribution in [0.5, 0.6) is 5.75 Å². The van der Waals surface area contributed by atoms with Crippen LogP contribution in [0.3, 0.4) is 0 Å². The quantitative estimate of drug-likeness (QED) is 0.626. The van der Waals surface area contributed by atoms with Gasteiger partial charge in [-0.3, -0.25) is 4.98 Å². The molecule has 0 aliphatic carbocycles. The molecule has 1 aromatic carbocycles. The minimum absolute atomic E-state index is 0.594. The highest BCUT2D eigenvalue weighted by atomic mass is 32.1. The summed E-state index contributed by atoms with van der Waals surface area (Å²) in [6, 6.07) is 10.4. The number of aromatic nitrogens is 2. The smallest absolute Gasteiger partial charge is 0.128 e. The molecular formula is C20H22N2OS. The number of aryl methyl sites for hydroxylation is 1. The van der Waals surface area contributed by atoms with Gasteiger partial charge in [0.15, 0.2) is 0 Å². The Kier molecular flexibility index (Phi) is 4.95. The maximum Gasteiger partial charge on any atom is 0.128 e. The fourth-order valence-electron chi connectivity index (χ4n) is 2.68. The average molecular weight is 338 g/mol. The molecule has 2 aromatic heterocycles. The summed E-state index contributed by atoms with van der Waals surface area (Å²) < 4.78 is 5.51. The standard InChI is InChI=1S/C20H22N2OS/c1-13(2)9-16-11-15(7-8-21-16)20-22-18(12-24-20)17-6-5-14(3)10-19(17)23-4/h5-8,10-13H,9H2,1-4H3. The topological polar surface area (TPSA) is 35.0 Å². The molecule has 3 aromatic rings. The number of ether oxygens (including phenoxy) is 1. The Bertz CT molecular complexity index is 839. The van der Waals surface area contributed by atoms with E-state index in [0.29, 0.717) is 5.92 Å². The number of benzene rings is 1. The maximum absolute atomic E-state index is 5.51. The lowest BCUT2D eigenvalue weighted by Crippen LogP contribution is -1.97. The van der Waals surface area contributed by atoms with E-state index >= 15 is 0 Å². The summed E-state index contributed by atoms with van der Waals surface area (Å²) in [7, 11) is 1.70. The van der Waals surface area contributed by atoms with E-state index in [1.807, 2.05) is 18.3 Å². The molecule has 0 unspecified atom stereocenters. The van der Waals surface area contributed by atoms with Crippen LogP contribution in [0.25, 0.3) is 21.8 Å². The molecule has 3 nitrogen and oxygen atoms in total. The largest absolute Gasteiger partial charge is 0.496 e. The summed E-state index contributed by atoms with van der Waals surface area (Å²) in [4.78, 5) is 9.28. The lowest BCUT2D eigenvalue weighted by atomic mass is 10.1. The van der Waals surface area contributed by atoms with Gasteiger partial charge in [-0.15, -0.1) is 11.3 Å². The molecule has 24 heavy (non-hydrogen) atoms. The van der Waals surface area contributed by atoms with Crippen LogP contribution in [0, 0.1) is 12.8 Å². The Morgan fingerprint density at radius 2 is 2.00 bits per heavy atom. The van der Waals surface area contributed by atoms with Crippen LogP contribution in [0.1, 0.15) is 25.1 Å². The van der Waals surface area contributed by atoms with Gasteiger partial charge in [-0.2, -0.15) is 0 Å². The third-order valence-electron chi connectivity index (χ3n) is 3.82. The first-order valence-electron chi connectivity index (χ1n) is 8.12. The summed E-state index contributed by atoms with van der Waals surface area (Å²) in [6.07, 6.45) is 2.86. The highest BCUT2D eigenvalue weighted by Crippen LogP contribution is 2.34. The van der Waals surface area contributed by atoms with Gasteiger partial charge in [-0.1, -0.05) is 19.9 Å². The van der Waals surface area contributed by atoms with Crippen molar-refractivity contribution in [2.75, 3.05) is 7.11 Å². The second kappa shape index (κ2) is 7.14. The number of nitrogens with zero attached hydrogens (tertiary/aromatic N) is 2. The minimum Gasteiger partial charge on any atom is -0.496 e. The average Bonchev–Trinajstić information content (AvgIpc) is 3.04. The third-order valence-corrected chi connectivity index (χ3v) is 4.71. The van der Waals surface area contributed by atoms with Gasteiger partial charge < -0.3 is 4.74 Å². The fourth-order valence-corrected chi connectivity index (χ4v) is 3.50. The lowest BCUT2D eigenvalue weighted by Gasteiger charge is -2.07. The lowest BCUT2D eigenvalue weighted by molar-refractivity contribution is 0.416. The van der Waals surface area contributed by atoms with Gasteiger partial charge in [-0.05, 0) is 49.1 Å². The molecule has 0 aliphatic rings. The first-order valence-corrected chi connectivity index (χ1v) is 9.00. The van der Waals surface area contributed by atoms with E-state index in [2.05, 4.69) is 49.3 Å². The third kappa shape index (κ3) is 3.65. The molecule has 0 atom stereocenters. The number of pyridine rings is 1. The molecule has 0 saturated carbocycles. The zero-order chi connectivity index (χ0) is 17.1. The van der Waals surface area contributed by atoms with Crippen molar-refractivity contribution < 1.29 is 4.74 Å². The van der Waals surface area contributed by atoms with Gasteiger partial charge in [0.05, 0.1) is 12.8 Å². The van der Waals surface area contributed by atoms with E-state index < -0.39 is 0 Å². The van der Waals surface area contributed by atoms with E-state index in [0.717, 1.165) is 39.7 Å². The second-order valence-corrected chi connectivity index (χ2v) is 7.23. The highest BCUT2D eigenvalue weighted by Gasteiger charge is 2.12. The zero-order valence-electron chi connectivity index (χ0n) is 14.5. The molecule has 0 spiro atoms. The van der Waals surface area contributed by atoms with Gasteiger partial charge >= 0.3 is 0 Å². The fraction of sp³-hybridized carbons (Fsp3) is 0.300. The Labute approximate surface area is 147 Å². The van der Waals surface area contributed by atoms with Crippen LogP contribution in [0.15, 0.2) is 41.9 Å². The first kappa shape index (κ1) is 16.7. The van der Waals surface area contributed by atoms with Crippen LogP contribution < -0.4 is 4.74 Å². The van der Waals surface area contributed by atoms with Crippen LogP contribution in [0.4, 0.5) is 0 Å². The first-order chi connectivity index (χ1) is 11.6. The number of hydrogen-bond donors (Lipinski definition) is 0. The molecule has 3 rings (SSSR count). The minimum atomic E-state index is 0.594. The van der Waals surface area contributed by atoms with Crippen molar-refractivity contribution >= 4 is 11.3 Å². The van der Waals surface area contributed by atoms with Gasteiger partial charge in [0.1, 0.15) is 10.8 Å². The normalized spacial score (nSPS) is 11.0. The van der Waals surface area contributed by atoms with E-state index in [1.165, 1.54) is 5.56 Å². The predicted octanol–water partition coefficient (Wildman–Crippen LogP) is 5.39. The Balaban J connectivity index is 1.94. The molecule has 0 bridgehead atoms. The molecule has 0 radical (unpaired) electrons. The van der Waals surface area contributed by atoms with E-state index in [1.54, 1.807) is 18.4 Å². The SMILES string of the molecule is COc1cc(C)ccc1-c1csc(-c2ccnc(CC(C)C)c2)n1.